The molecule has 0 spiro atoms. The van der Waals surface area contributed by atoms with Crippen LogP contribution < -0.4 is 9.16 Å². The van der Waals surface area contributed by atoms with Crippen molar-refractivity contribution in [3.05, 3.63) is 64.7 Å². The van der Waals surface area contributed by atoms with E-state index in [-0.39, 0.29) is 5.04 Å². The Labute approximate surface area is 210 Å². The Hall–Kier alpha value is -1.85. The van der Waals surface area contributed by atoms with Crippen molar-refractivity contribution in [3.63, 3.8) is 0 Å². The van der Waals surface area contributed by atoms with Gasteiger partial charge in [0.25, 0.3) is 8.32 Å². The lowest BCUT2D eigenvalue weighted by Gasteiger charge is -2.41. The summed E-state index contributed by atoms with van der Waals surface area (Å²) >= 11 is 0. The molecule has 0 saturated carbocycles. The maximum absolute atomic E-state index is 13.3. The van der Waals surface area contributed by atoms with E-state index in [9.17, 15) is 4.21 Å². The average molecular weight is 499 g/mol. The van der Waals surface area contributed by atoms with Crippen LogP contribution in [-0.2, 0) is 17.2 Å². The second kappa shape index (κ2) is 9.66. The summed E-state index contributed by atoms with van der Waals surface area (Å²) in [6.45, 7) is 23.9. The highest BCUT2D eigenvalue weighted by molar-refractivity contribution is 7.85. The fraction of sp³-hybridized carbons (Fsp3) is 0.517. The first-order valence-electron chi connectivity index (χ1n) is 12.3. The predicted octanol–water partition coefficient (Wildman–Crippen LogP) is 7.75. The molecule has 0 aliphatic carbocycles. The van der Waals surface area contributed by atoms with Gasteiger partial charge in [0.2, 0.25) is 0 Å². The van der Waals surface area contributed by atoms with E-state index >= 15 is 0 Å². The average Bonchev–Trinajstić information content (AvgIpc) is 2.75. The number of benzene rings is 2. The molecule has 1 heterocycles. The van der Waals surface area contributed by atoms with Crippen LogP contribution in [-0.4, -0.2) is 23.9 Å². The molecule has 0 saturated heterocycles. The van der Waals surface area contributed by atoms with Crippen LogP contribution in [0, 0.1) is 27.7 Å². The lowest BCUT2D eigenvalue weighted by Crippen LogP contribution is -2.45. The van der Waals surface area contributed by atoms with Crippen molar-refractivity contribution in [3.8, 4) is 11.5 Å². The van der Waals surface area contributed by atoms with Crippen LogP contribution in [0.2, 0.25) is 18.1 Å². The third-order valence-corrected chi connectivity index (χ3v) is 13.7. The number of hydrogen-bond acceptors (Lipinski definition) is 3. The van der Waals surface area contributed by atoms with Crippen molar-refractivity contribution in [1.82, 2.24) is 0 Å². The third-order valence-electron chi connectivity index (χ3n) is 7.82. The van der Waals surface area contributed by atoms with Crippen molar-refractivity contribution in [1.29, 1.82) is 0 Å². The number of hydrogen-bond donors (Lipinski definition) is 0. The minimum Gasteiger partial charge on any atom is -0.543 e. The zero-order valence-corrected chi connectivity index (χ0v) is 24.4. The normalized spacial score (nSPS) is 19.2. The molecule has 0 bridgehead atoms. The Balaban J connectivity index is 1.98. The molecule has 0 unspecified atom stereocenters. The monoisotopic (exact) mass is 498 g/mol. The van der Waals surface area contributed by atoms with Crippen molar-refractivity contribution < 1.29 is 13.4 Å². The zero-order chi connectivity index (χ0) is 25.5. The van der Waals surface area contributed by atoms with Gasteiger partial charge in [0, 0.05) is 16.9 Å². The van der Waals surface area contributed by atoms with Gasteiger partial charge in [-0.2, -0.15) is 0 Å². The minimum absolute atomic E-state index is 0.130. The molecule has 0 fully saturated rings. The molecule has 2 aromatic rings. The molecule has 0 amide bonds. The Morgan fingerprint density at radius 3 is 2.26 bits per heavy atom. The first-order valence-corrected chi connectivity index (χ1v) is 16.5. The fourth-order valence-corrected chi connectivity index (χ4v) is 6.88. The van der Waals surface area contributed by atoms with E-state index in [1.165, 1.54) is 16.7 Å². The second-order valence-corrected chi connectivity index (χ2v) is 17.6. The van der Waals surface area contributed by atoms with Gasteiger partial charge in [-0.15, -0.1) is 6.58 Å². The van der Waals surface area contributed by atoms with Gasteiger partial charge in [0.05, 0.1) is 16.6 Å². The molecule has 0 N–H and O–H groups in total. The van der Waals surface area contributed by atoms with Gasteiger partial charge in [-0.3, -0.25) is 4.21 Å². The number of aryl methyl sites for hydroxylation is 1. The van der Waals surface area contributed by atoms with Crippen molar-refractivity contribution in [2.45, 2.75) is 96.4 Å². The highest BCUT2D eigenvalue weighted by Gasteiger charge is 2.42. The van der Waals surface area contributed by atoms with Crippen LogP contribution >= 0.6 is 0 Å². The Kier molecular flexibility index (Phi) is 7.60. The minimum atomic E-state index is -1.98. The van der Waals surface area contributed by atoms with Crippen molar-refractivity contribution >= 4 is 19.1 Å². The molecule has 3 rings (SSSR count). The summed E-state index contributed by atoms with van der Waals surface area (Å²) in [5.41, 5.74) is 5.35. The molecule has 1 aliphatic heterocycles. The van der Waals surface area contributed by atoms with Gasteiger partial charge in [-0.25, -0.2) is 0 Å². The topological polar surface area (TPSA) is 35.5 Å². The Morgan fingerprint density at radius 1 is 1.09 bits per heavy atom. The Bertz CT molecular complexity index is 1100. The number of fused-ring (bicyclic) bond motifs is 1. The molecular formula is C29H42O3SSi. The standard InChI is InChI=1S/C29H42O3SSi/c1-11-17-29(19-33(30)24-14-12-20(2)13-15-24)18-16-25-23(5)26(21(3)22(4)27(25)31-29)32-34(9,10)28(6,7)8/h11-15H,1,16-19H2,2-10H3/t29-,33+/m1/s1. The van der Waals surface area contributed by atoms with Crippen LogP contribution in [0.4, 0.5) is 0 Å². The van der Waals surface area contributed by atoms with E-state index in [4.69, 9.17) is 9.16 Å². The molecule has 3 nitrogen and oxygen atoms in total. The first-order chi connectivity index (χ1) is 15.7. The molecule has 0 radical (unpaired) electrons. The van der Waals surface area contributed by atoms with Gasteiger partial charge in [0.1, 0.15) is 17.1 Å². The molecule has 1 aliphatic rings. The highest BCUT2D eigenvalue weighted by Crippen LogP contribution is 2.47. The van der Waals surface area contributed by atoms with Crippen LogP contribution in [0.1, 0.15) is 61.4 Å². The van der Waals surface area contributed by atoms with E-state index in [1.54, 1.807) is 0 Å². The lowest BCUT2D eigenvalue weighted by atomic mass is 9.85. The molecule has 2 aromatic carbocycles. The number of rotatable bonds is 7. The highest BCUT2D eigenvalue weighted by atomic mass is 32.2. The maximum Gasteiger partial charge on any atom is 0.250 e. The summed E-state index contributed by atoms with van der Waals surface area (Å²) in [5.74, 6) is 2.44. The summed E-state index contributed by atoms with van der Waals surface area (Å²) in [6, 6.07) is 7.97. The van der Waals surface area contributed by atoms with Gasteiger partial charge < -0.3 is 9.16 Å². The van der Waals surface area contributed by atoms with Gasteiger partial charge in [-0.05, 0) is 87.5 Å². The van der Waals surface area contributed by atoms with Crippen LogP contribution in [0.3, 0.4) is 0 Å². The molecule has 2 atom stereocenters. The zero-order valence-electron chi connectivity index (χ0n) is 22.6. The largest absolute Gasteiger partial charge is 0.543 e. The molecular weight excluding hydrogens is 456 g/mol. The molecule has 34 heavy (non-hydrogen) atoms. The van der Waals surface area contributed by atoms with Gasteiger partial charge in [-0.1, -0.05) is 44.5 Å². The van der Waals surface area contributed by atoms with Crippen molar-refractivity contribution in [2.24, 2.45) is 0 Å². The first kappa shape index (κ1) is 26.7. The molecule has 186 valence electrons. The van der Waals surface area contributed by atoms with E-state index in [1.807, 2.05) is 37.3 Å². The van der Waals surface area contributed by atoms with Gasteiger partial charge in [0.15, 0.2) is 0 Å². The van der Waals surface area contributed by atoms with E-state index in [0.29, 0.717) is 12.2 Å². The SMILES string of the molecule is C=CC[C@]1(C[S@](=O)c2ccc(C)cc2)CCc2c(C)c(O[Si](C)(C)C(C)(C)C)c(C)c(C)c2O1. The summed E-state index contributed by atoms with van der Waals surface area (Å²) in [7, 11) is -3.12. The van der Waals surface area contributed by atoms with Gasteiger partial charge >= 0.3 is 0 Å². The fourth-order valence-electron chi connectivity index (χ4n) is 4.36. The smallest absolute Gasteiger partial charge is 0.250 e. The van der Waals surface area contributed by atoms with Crippen LogP contribution in [0.5, 0.6) is 11.5 Å². The van der Waals surface area contributed by atoms with Crippen LogP contribution in [0.25, 0.3) is 0 Å². The summed E-state index contributed by atoms with van der Waals surface area (Å²) < 4.78 is 27.0. The maximum atomic E-state index is 13.3. The summed E-state index contributed by atoms with van der Waals surface area (Å²) in [4.78, 5) is 0.852. The third kappa shape index (κ3) is 5.20. The van der Waals surface area contributed by atoms with E-state index in [2.05, 4.69) is 61.2 Å². The van der Waals surface area contributed by atoms with E-state index < -0.39 is 24.7 Å². The second-order valence-electron chi connectivity index (χ2n) is 11.5. The van der Waals surface area contributed by atoms with Crippen molar-refractivity contribution in [2.75, 3.05) is 5.75 Å². The molecule has 5 heteroatoms. The van der Waals surface area contributed by atoms with Crippen LogP contribution in [0.15, 0.2) is 41.8 Å². The quantitative estimate of drug-likeness (QED) is 0.289. The predicted molar refractivity (Wildman–Crippen MR) is 147 cm³/mol. The summed E-state index contributed by atoms with van der Waals surface area (Å²) in [5, 5.41) is 0.130. The molecule has 0 aromatic heterocycles. The Morgan fingerprint density at radius 2 is 1.71 bits per heavy atom. The summed E-state index contributed by atoms with van der Waals surface area (Å²) in [6.07, 6.45) is 4.27. The number of ether oxygens (including phenoxy) is 1. The lowest BCUT2D eigenvalue weighted by molar-refractivity contribution is 0.0708. The van der Waals surface area contributed by atoms with E-state index in [0.717, 1.165) is 40.4 Å².